The second-order valence-electron chi connectivity index (χ2n) is 7.54. The summed E-state index contributed by atoms with van der Waals surface area (Å²) < 4.78 is 32.9. The minimum absolute atomic E-state index is 0.0447. The number of piperidine rings is 1. The molecule has 2 heterocycles. The molecule has 0 N–H and O–H groups in total. The lowest BCUT2D eigenvalue weighted by molar-refractivity contribution is 0.0726. The number of ether oxygens (including phenoxy) is 1. The van der Waals surface area contributed by atoms with E-state index in [0.717, 1.165) is 30.2 Å². The third kappa shape index (κ3) is 4.96. The highest BCUT2D eigenvalue weighted by Crippen LogP contribution is 2.25. The molecule has 1 saturated heterocycles. The summed E-state index contributed by atoms with van der Waals surface area (Å²) in [5.74, 6) is -0.168. The Morgan fingerprint density at radius 3 is 2.68 bits per heavy atom. The van der Waals surface area contributed by atoms with Crippen LogP contribution >= 0.6 is 11.6 Å². The van der Waals surface area contributed by atoms with Gasteiger partial charge in [0.25, 0.3) is 0 Å². The molecule has 0 aliphatic carbocycles. The molecule has 4 rings (SSSR count). The van der Waals surface area contributed by atoms with Gasteiger partial charge in [-0.05, 0) is 60.9 Å². The second-order valence-corrected chi connectivity index (χ2v) is 9.89. The second kappa shape index (κ2) is 9.44. The summed E-state index contributed by atoms with van der Waals surface area (Å²) in [5, 5.41) is 1.29. The van der Waals surface area contributed by atoms with Gasteiger partial charge in [0.05, 0.1) is 17.0 Å². The predicted molar refractivity (Wildman–Crippen MR) is 120 cm³/mol. The van der Waals surface area contributed by atoms with Crippen molar-refractivity contribution in [1.29, 1.82) is 0 Å². The Bertz CT molecular complexity index is 1210. The van der Waals surface area contributed by atoms with Crippen molar-refractivity contribution in [2.45, 2.75) is 30.8 Å². The van der Waals surface area contributed by atoms with Gasteiger partial charge in [-0.2, -0.15) is 4.31 Å². The fraction of sp³-hybridized carbons (Fsp3) is 0.304. The fourth-order valence-corrected chi connectivity index (χ4v) is 5.40. The third-order valence-corrected chi connectivity index (χ3v) is 7.65. The van der Waals surface area contributed by atoms with Gasteiger partial charge in [-0.3, -0.25) is 9.78 Å². The van der Waals surface area contributed by atoms with Crippen LogP contribution in [0.25, 0.3) is 10.9 Å². The number of hydrogen-bond donors (Lipinski definition) is 0. The molecule has 0 spiro atoms. The summed E-state index contributed by atoms with van der Waals surface area (Å²) in [6.45, 7) is 0.980. The molecule has 162 valence electrons. The van der Waals surface area contributed by atoms with Gasteiger partial charge in [0, 0.05) is 35.3 Å². The maximum Gasteiger partial charge on any atom is 0.243 e. The van der Waals surface area contributed by atoms with E-state index in [1.807, 2.05) is 12.1 Å². The fourth-order valence-electron chi connectivity index (χ4n) is 3.66. The van der Waals surface area contributed by atoms with Gasteiger partial charge in [-0.1, -0.05) is 24.1 Å². The first kappa shape index (κ1) is 21.9. The number of aromatic nitrogens is 1. The minimum atomic E-state index is -3.56. The van der Waals surface area contributed by atoms with E-state index in [1.165, 1.54) is 10.4 Å². The van der Waals surface area contributed by atoms with E-state index >= 15 is 0 Å². The average Bonchev–Trinajstić information content (AvgIpc) is 2.80. The number of sulfonamides is 1. The first-order chi connectivity index (χ1) is 14.9. The van der Waals surface area contributed by atoms with Crippen molar-refractivity contribution in [3.05, 3.63) is 70.9 Å². The summed E-state index contributed by atoms with van der Waals surface area (Å²) in [6, 6.07) is 13.6. The number of Topliss-reactive ketones (excluding diaryl/α,β-unsaturated/α-hetero) is 1. The highest BCUT2D eigenvalue weighted by molar-refractivity contribution is 7.89. The van der Waals surface area contributed by atoms with Crippen LogP contribution in [0, 0.1) is 0 Å². The van der Waals surface area contributed by atoms with Gasteiger partial charge in [-0.15, -0.1) is 0 Å². The van der Waals surface area contributed by atoms with E-state index in [1.54, 1.807) is 36.5 Å². The van der Waals surface area contributed by atoms with Gasteiger partial charge < -0.3 is 4.74 Å². The molecular formula is C23H23ClN2O4S. The molecule has 0 atom stereocenters. The van der Waals surface area contributed by atoms with Crippen LogP contribution in [0.4, 0.5) is 0 Å². The predicted octanol–water partition coefficient (Wildman–Crippen LogP) is 4.46. The Labute approximate surface area is 186 Å². The van der Waals surface area contributed by atoms with Crippen molar-refractivity contribution in [2.24, 2.45) is 0 Å². The standard InChI is InChI=1S/C23H23ClN2O4S/c24-21-8-7-20(31(28,29)26-11-2-1-3-12-26)14-19(21)15-30-16-23(27)18-6-9-22-17(13-18)5-4-10-25-22/h4-10,13-14H,1-3,11-12,15-16H2. The summed E-state index contributed by atoms with van der Waals surface area (Å²) in [6.07, 6.45) is 4.50. The van der Waals surface area contributed by atoms with Crippen LogP contribution in [-0.4, -0.2) is 43.2 Å². The summed E-state index contributed by atoms with van der Waals surface area (Å²) in [7, 11) is -3.56. The zero-order valence-electron chi connectivity index (χ0n) is 17.0. The lowest BCUT2D eigenvalue weighted by Crippen LogP contribution is -2.35. The molecule has 31 heavy (non-hydrogen) atoms. The van der Waals surface area contributed by atoms with E-state index in [4.69, 9.17) is 16.3 Å². The molecule has 0 radical (unpaired) electrons. The molecule has 6 nitrogen and oxygen atoms in total. The van der Waals surface area contributed by atoms with E-state index in [-0.39, 0.29) is 23.9 Å². The van der Waals surface area contributed by atoms with Crippen molar-refractivity contribution in [3.8, 4) is 0 Å². The number of ketones is 1. The topological polar surface area (TPSA) is 76.6 Å². The number of rotatable bonds is 7. The summed E-state index contributed by atoms with van der Waals surface area (Å²) in [4.78, 5) is 17.0. The number of halogens is 1. The Morgan fingerprint density at radius 2 is 1.87 bits per heavy atom. The first-order valence-electron chi connectivity index (χ1n) is 10.2. The number of benzene rings is 2. The number of fused-ring (bicyclic) bond motifs is 1. The number of pyridine rings is 1. The Morgan fingerprint density at radius 1 is 1.06 bits per heavy atom. The molecular weight excluding hydrogens is 436 g/mol. The van der Waals surface area contributed by atoms with Crippen molar-refractivity contribution < 1.29 is 17.9 Å². The van der Waals surface area contributed by atoms with Crippen LogP contribution in [0.15, 0.2) is 59.6 Å². The number of carbonyl (C=O) groups is 1. The first-order valence-corrected chi connectivity index (χ1v) is 12.0. The highest BCUT2D eigenvalue weighted by Gasteiger charge is 2.26. The van der Waals surface area contributed by atoms with Gasteiger partial charge in [-0.25, -0.2) is 8.42 Å². The van der Waals surface area contributed by atoms with Gasteiger partial charge in [0.15, 0.2) is 5.78 Å². The zero-order chi connectivity index (χ0) is 21.8. The van der Waals surface area contributed by atoms with Crippen LogP contribution in [0.5, 0.6) is 0 Å². The molecule has 1 fully saturated rings. The summed E-state index contributed by atoms with van der Waals surface area (Å²) >= 11 is 6.25. The molecule has 0 amide bonds. The molecule has 0 saturated carbocycles. The molecule has 3 aromatic rings. The normalized spacial score (nSPS) is 15.3. The zero-order valence-corrected chi connectivity index (χ0v) is 18.5. The maximum atomic E-state index is 12.9. The molecule has 8 heteroatoms. The summed E-state index contributed by atoms with van der Waals surface area (Å²) in [5.41, 5.74) is 1.89. The molecule has 1 aromatic heterocycles. The third-order valence-electron chi connectivity index (χ3n) is 5.39. The molecule has 1 aliphatic heterocycles. The monoisotopic (exact) mass is 458 g/mol. The van der Waals surface area contributed by atoms with Gasteiger partial charge in [0.1, 0.15) is 6.61 Å². The number of nitrogens with zero attached hydrogens (tertiary/aromatic N) is 2. The van der Waals surface area contributed by atoms with Crippen LogP contribution < -0.4 is 0 Å². The number of hydrogen-bond acceptors (Lipinski definition) is 5. The quantitative estimate of drug-likeness (QED) is 0.488. The van der Waals surface area contributed by atoms with E-state index < -0.39 is 10.0 Å². The number of carbonyl (C=O) groups excluding carboxylic acids is 1. The average molecular weight is 459 g/mol. The van der Waals surface area contributed by atoms with Gasteiger partial charge in [0.2, 0.25) is 10.0 Å². The highest BCUT2D eigenvalue weighted by atomic mass is 35.5. The molecule has 2 aromatic carbocycles. The molecule has 0 unspecified atom stereocenters. The SMILES string of the molecule is O=C(COCc1cc(S(=O)(=O)N2CCCCC2)ccc1Cl)c1ccc2ncccc2c1. The lowest BCUT2D eigenvalue weighted by atomic mass is 10.1. The smallest absolute Gasteiger partial charge is 0.243 e. The van der Waals surface area contributed by atoms with E-state index in [9.17, 15) is 13.2 Å². The van der Waals surface area contributed by atoms with Crippen molar-refractivity contribution in [1.82, 2.24) is 9.29 Å². The van der Waals surface area contributed by atoms with Crippen LogP contribution in [-0.2, 0) is 21.4 Å². The maximum absolute atomic E-state index is 12.9. The Hall–Kier alpha value is -2.32. The minimum Gasteiger partial charge on any atom is -0.369 e. The van der Waals surface area contributed by atoms with Gasteiger partial charge >= 0.3 is 0 Å². The Balaban J connectivity index is 1.43. The van der Waals surface area contributed by atoms with E-state index in [2.05, 4.69) is 4.98 Å². The van der Waals surface area contributed by atoms with Crippen LogP contribution in [0.2, 0.25) is 5.02 Å². The molecule has 1 aliphatic rings. The Kier molecular flexibility index (Phi) is 6.67. The van der Waals surface area contributed by atoms with Crippen molar-refractivity contribution in [3.63, 3.8) is 0 Å². The largest absolute Gasteiger partial charge is 0.369 e. The van der Waals surface area contributed by atoms with Crippen LogP contribution in [0.3, 0.4) is 0 Å². The lowest BCUT2D eigenvalue weighted by Gasteiger charge is -2.26. The van der Waals surface area contributed by atoms with Crippen LogP contribution in [0.1, 0.15) is 35.2 Å². The molecule has 0 bridgehead atoms. The van der Waals surface area contributed by atoms with E-state index in [0.29, 0.717) is 29.2 Å². The van der Waals surface area contributed by atoms with Crippen molar-refractivity contribution >= 4 is 38.3 Å². The van der Waals surface area contributed by atoms with Crippen molar-refractivity contribution in [2.75, 3.05) is 19.7 Å².